The van der Waals surface area contributed by atoms with Gasteiger partial charge in [0, 0.05) is 8.95 Å². The fourth-order valence-electron chi connectivity index (χ4n) is 1.61. The summed E-state index contributed by atoms with van der Waals surface area (Å²) in [4.78, 5) is 11.1. The van der Waals surface area contributed by atoms with Crippen LogP contribution in [0.5, 0.6) is 11.5 Å². The molecule has 0 saturated carbocycles. The SMILES string of the molecule is Cc1cc(Br)ccc1Oc1ccc(C(N)=O)c(Br)c1. The van der Waals surface area contributed by atoms with E-state index in [2.05, 4.69) is 31.9 Å². The first-order valence-electron chi connectivity index (χ1n) is 5.51. The van der Waals surface area contributed by atoms with Crippen LogP contribution in [0.4, 0.5) is 0 Å². The molecule has 0 atom stereocenters. The molecule has 0 aliphatic carbocycles. The molecule has 1 amide bonds. The maximum atomic E-state index is 11.1. The molecule has 2 aromatic rings. The van der Waals surface area contributed by atoms with Crippen molar-refractivity contribution in [1.82, 2.24) is 0 Å². The van der Waals surface area contributed by atoms with E-state index in [4.69, 9.17) is 10.5 Å². The fourth-order valence-corrected chi connectivity index (χ4v) is 2.64. The number of benzene rings is 2. The highest BCUT2D eigenvalue weighted by Crippen LogP contribution is 2.30. The van der Waals surface area contributed by atoms with Gasteiger partial charge in [-0.2, -0.15) is 0 Å². The topological polar surface area (TPSA) is 52.3 Å². The van der Waals surface area contributed by atoms with E-state index in [1.807, 2.05) is 25.1 Å². The minimum atomic E-state index is -0.474. The first-order valence-corrected chi connectivity index (χ1v) is 7.09. The summed E-state index contributed by atoms with van der Waals surface area (Å²) in [5.74, 6) is 0.933. The zero-order chi connectivity index (χ0) is 14.0. The van der Waals surface area contributed by atoms with Crippen molar-refractivity contribution in [3.8, 4) is 11.5 Å². The Bertz CT molecular complexity index is 641. The quantitative estimate of drug-likeness (QED) is 0.851. The van der Waals surface area contributed by atoms with Crippen molar-refractivity contribution < 1.29 is 9.53 Å². The Morgan fingerprint density at radius 1 is 1.16 bits per heavy atom. The highest BCUT2D eigenvalue weighted by atomic mass is 79.9. The Kier molecular flexibility index (Phi) is 4.27. The zero-order valence-electron chi connectivity index (χ0n) is 10.1. The minimum absolute atomic E-state index is 0.430. The van der Waals surface area contributed by atoms with Gasteiger partial charge in [-0.1, -0.05) is 15.9 Å². The highest BCUT2D eigenvalue weighted by Gasteiger charge is 2.08. The summed E-state index contributed by atoms with van der Waals surface area (Å²) in [5, 5.41) is 0. The monoisotopic (exact) mass is 383 g/mol. The smallest absolute Gasteiger partial charge is 0.249 e. The number of halogens is 2. The molecule has 0 spiro atoms. The lowest BCUT2D eigenvalue weighted by Crippen LogP contribution is -2.11. The van der Waals surface area contributed by atoms with Gasteiger partial charge in [0.05, 0.1) is 5.56 Å². The Morgan fingerprint density at radius 2 is 1.89 bits per heavy atom. The van der Waals surface area contributed by atoms with Gasteiger partial charge in [0.15, 0.2) is 0 Å². The second-order valence-corrected chi connectivity index (χ2v) is 5.79. The van der Waals surface area contributed by atoms with Crippen LogP contribution >= 0.6 is 31.9 Å². The summed E-state index contributed by atoms with van der Waals surface area (Å²) >= 11 is 6.71. The van der Waals surface area contributed by atoms with Crippen molar-refractivity contribution >= 4 is 37.8 Å². The predicted molar refractivity (Wildman–Crippen MR) is 81.6 cm³/mol. The predicted octanol–water partition coefficient (Wildman–Crippen LogP) is 4.41. The number of rotatable bonds is 3. The Morgan fingerprint density at radius 3 is 2.47 bits per heavy atom. The first-order chi connectivity index (χ1) is 8.97. The molecule has 0 unspecified atom stereocenters. The summed E-state index contributed by atoms with van der Waals surface area (Å²) in [7, 11) is 0. The summed E-state index contributed by atoms with van der Waals surface area (Å²) in [5.41, 5.74) is 6.69. The normalized spacial score (nSPS) is 10.3. The van der Waals surface area contributed by atoms with Gasteiger partial charge >= 0.3 is 0 Å². The summed E-state index contributed by atoms with van der Waals surface area (Å²) in [6.45, 7) is 1.97. The minimum Gasteiger partial charge on any atom is -0.457 e. The number of amides is 1. The Labute approximate surface area is 128 Å². The number of primary amides is 1. The van der Waals surface area contributed by atoms with E-state index in [1.54, 1.807) is 18.2 Å². The van der Waals surface area contributed by atoms with E-state index in [9.17, 15) is 4.79 Å². The molecule has 0 aromatic heterocycles. The van der Waals surface area contributed by atoms with Gasteiger partial charge in [-0.05, 0) is 64.8 Å². The average Bonchev–Trinajstić information content (AvgIpc) is 2.32. The highest BCUT2D eigenvalue weighted by molar-refractivity contribution is 9.10. The van der Waals surface area contributed by atoms with Crippen LogP contribution in [0.2, 0.25) is 0 Å². The molecule has 2 N–H and O–H groups in total. The number of hydrogen-bond donors (Lipinski definition) is 1. The molecule has 0 bridgehead atoms. The van der Waals surface area contributed by atoms with E-state index in [0.717, 1.165) is 15.8 Å². The maximum absolute atomic E-state index is 11.1. The van der Waals surface area contributed by atoms with Gasteiger partial charge in [0.1, 0.15) is 11.5 Å². The van der Waals surface area contributed by atoms with Gasteiger partial charge in [0.25, 0.3) is 0 Å². The van der Waals surface area contributed by atoms with Crippen molar-refractivity contribution in [3.05, 3.63) is 56.5 Å². The molecular formula is C14H11Br2NO2. The third-order valence-electron chi connectivity index (χ3n) is 2.57. The molecule has 0 aliphatic heterocycles. The molecule has 2 aromatic carbocycles. The van der Waals surface area contributed by atoms with Crippen LogP contribution in [0.15, 0.2) is 45.3 Å². The van der Waals surface area contributed by atoms with E-state index >= 15 is 0 Å². The van der Waals surface area contributed by atoms with Crippen molar-refractivity contribution in [2.75, 3.05) is 0 Å². The van der Waals surface area contributed by atoms with Gasteiger partial charge in [-0.25, -0.2) is 0 Å². The van der Waals surface area contributed by atoms with Crippen molar-refractivity contribution in [1.29, 1.82) is 0 Å². The molecule has 0 heterocycles. The van der Waals surface area contributed by atoms with E-state index in [1.165, 1.54) is 0 Å². The van der Waals surface area contributed by atoms with Gasteiger partial charge < -0.3 is 10.5 Å². The molecule has 0 aliphatic rings. The number of nitrogens with two attached hydrogens (primary N) is 1. The standard InChI is InChI=1S/C14H11Br2NO2/c1-8-6-9(15)2-5-13(8)19-10-3-4-11(14(17)18)12(16)7-10/h2-7H,1H3,(H2,17,18). The number of hydrogen-bond acceptors (Lipinski definition) is 2. The molecule has 3 nitrogen and oxygen atoms in total. The van der Waals surface area contributed by atoms with Crippen molar-refractivity contribution in [2.24, 2.45) is 5.73 Å². The largest absolute Gasteiger partial charge is 0.457 e. The third-order valence-corrected chi connectivity index (χ3v) is 3.72. The van der Waals surface area contributed by atoms with Crippen LogP contribution < -0.4 is 10.5 Å². The lowest BCUT2D eigenvalue weighted by molar-refractivity contribution is 0.0999. The van der Waals surface area contributed by atoms with Crippen molar-refractivity contribution in [3.63, 3.8) is 0 Å². The molecule has 19 heavy (non-hydrogen) atoms. The molecule has 98 valence electrons. The summed E-state index contributed by atoms with van der Waals surface area (Å²) in [6, 6.07) is 10.8. The van der Waals surface area contributed by atoms with Crippen LogP contribution in [0.3, 0.4) is 0 Å². The van der Waals surface area contributed by atoms with Gasteiger partial charge in [0.2, 0.25) is 5.91 Å². The third kappa shape index (κ3) is 3.36. The molecule has 0 radical (unpaired) electrons. The fraction of sp³-hybridized carbons (Fsp3) is 0.0714. The first kappa shape index (κ1) is 14.1. The molecule has 2 rings (SSSR count). The molecule has 5 heteroatoms. The lowest BCUT2D eigenvalue weighted by Gasteiger charge is -2.10. The molecule has 0 fully saturated rings. The van der Waals surface area contributed by atoms with Crippen LogP contribution in [0.1, 0.15) is 15.9 Å². The van der Waals surface area contributed by atoms with Crippen LogP contribution in [0, 0.1) is 6.92 Å². The number of carbonyl (C=O) groups excluding carboxylic acids is 1. The number of ether oxygens (including phenoxy) is 1. The second-order valence-electron chi connectivity index (χ2n) is 4.02. The van der Waals surface area contributed by atoms with E-state index in [-0.39, 0.29) is 0 Å². The number of aryl methyl sites for hydroxylation is 1. The lowest BCUT2D eigenvalue weighted by atomic mass is 10.2. The summed E-state index contributed by atoms with van der Waals surface area (Å²) < 4.78 is 7.40. The van der Waals surface area contributed by atoms with Gasteiger partial charge in [-0.15, -0.1) is 0 Å². The molecular weight excluding hydrogens is 374 g/mol. The van der Waals surface area contributed by atoms with E-state index < -0.39 is 5.91 Å². The van der Waals surface area contributed by atoms with Crippen molar-refractivity contribution in [2.45, 2.75) is 6.92 Å². The Balaban J connectivity index is 2.29. The van der Waals surface area contributed by atoms with Gasteiger partial charge in [-0.3, -0.25) is 4.79 Å². The van der Waals surface area contributed by atoms with Crippen LogP contribution in [-0.4, -0.2) is 5.91 Å². The Hall–Kier alpha value is -1.33. The average molecular weight is 385 g/mol. The molecule has 0 saturated heterocycles. The zero-order valence-corrected chi connectivity index (χ0v) is 13.3. The number of carbonyl (C=O) groups is 1. The summed E-state index contributed by atoms with van der Waals surface area (Å²) in [6.07, 6.45) is 0. The van der Waals surface area contributed by atoms with Crippen LogP contribution in [0.25, 0.3) is 0 Å². The maximum Gasteiger partial charge on any atom is 0.249 e. The van der Waals surface area contributed by atoms with E-state index in [0.29, 0.717) is 15.8 Å². The van der Waals surface area contributed by atoms with Crippen LogP contribution in [-0.2, 0) is 0 Å². The second kappa shape index (κ2) is 5.75.